The SMILES string of the molecule is CCCCCCCCCCCCCCCC/C=C/C(O)C(CO)NC(=O)CCCCCCCCCCCCCCC/C=C\C/C=C\CCCCCCCCCCCOC(=O)CCCCCCCCCCCCCCCCC. The second kappa shape index (κ2) is 66.6. The summed E-state index contributed by atoms with van der Waals surface area (Å²) in [6, 6.07) is -0.629. The average molecular weight is 1080 g/mol. The number of nitrogens with one attached hydrogen (secondary N) is 1. The lowest BCUT2D eigenvalue weighted by molar-refractivity contribution is -0.143. The van der Waals surface area contributed by atoms with E-state index in [4.69, 9.17) is 4.74 Å². The molecular weight excluding hydrogens is 947 g/mol. The second-order valence-electron chi connectivity index (χ2n) is 23.9. The number of aliphatic hydroxyl groups is 2. The molecule has 6 heteroatoms. The van der Waals surface area contributed by atoms with E-state index in [1.165, 1.54) is 308 Å². The number of allylic oxidation sites excluding steroid dienone is 5. The van der Waals surface area contributed by atoms with E-state index in [0.29, 0.717) is 19.4 Å². The second-order valence-corrected chi connectivity index (χ2v) is 23.9. The first kappa shape index (κ1) is 75.1. The molecule has 2 atom stereocenters. The van der Waals surface area contributed by atoms with Crippen molar-refractivity contribution in [2.24, 2.45) is 0 Å². The normalized spacial score (nSPS) is 12.7. The van der Waals surface area contributed by atoms with Crippen molar-refractivity contribution in [1.29, 1.82) is 0 Å². The van der Waals surface area contributed by atoms with Crippen LogP contribution >= 0.6 is 0 Å². The Hall–Kier alpha value is -1.92. The summed E-state index contributed by atoms with van der Waals surface area (Å²) >= 11 is 0. The molecule has 0 heterocycles. The first-order valence-electron chi connectivity index (χ1n) is 34.8. The number of amides is 1. The van der Waals surface area contributed by atoms with E-state index in [2.05, 4.69) is 43.5 Å². The molecule has 77 heavy (non-hydrogen) atoms. The van der Waals surface area contributed by atoms with Crippen LogP contribution in [0.15, 0.2) is 36.5 Å². The van der Waals surface area contributed by atoms with Crippen LogP contribution in [-0.2, 0) is 14.3 Å². The van der Waals surface area contributed by atoms with Crippen LogP contribution in [0.1, 0.15) is 380 Å². The molecule has 0 aliphatic heterocycles. The Morgan fingerprint density at radius 1 is 0.364 bits per heavy atom. The van der Waals surface area contributed by atoms with Crippen LogP contribution in [0.2, 0.25) is 0 Å². The summed E-state index contributed by atoms with van der Waals surface area (Å²) in [6.07, 6.45) is 85.0. The fraction of sp³-hybridized carbons (Fsp3) is 0.887. The van der Waals surface area contributed by atoms with Crippen molar-refractivity contribution in [2.75, 3.05) is 13.2 Å². The van der Waals surface area contributed by atoms with Crippen molar-refractivity contribution in [3.63, 3.8) is 0 Å². The van der Waals surface area contributed by atoms with Gasteiger partial charge in [-0.15, -0.1) is 0 Å². The van der Waals surface area contributed by atoms with Crippen molar-refractivity contribution in [3.8, 4) is 0 Å². The van der Waals surface area contributed by atoms with Gasteiger partial charge in [0.1, 0.15) is 0 Å². The molecule has 0 saturated heterocycles. The maximum atomic E-state index is 12.5. The lowest BCUT2D eigenvalue weighted by Crippen LogP contribution is -2.45. The highest BCUT2D eigenvalue weighted by atomic mass is 16.5. The molecule has 0 fully saturated rings. The Morgan fingerprint density at radius 3 is 0.987 bits per heavy atom. The highest BCUT2D eigenvalue weighted by Gasteiger charge is 2.18. The fourth-order valence-electron chi connectivity index (χ4n) is 10.8. The molecule has 0 aliphatic carbocycles. The molecule has 0 aromatic heterocycles. The predicted octanol–water partition coefficient (Wildman–Crippen LogP) is 22.3. The van der Waals surface area contributed by atoms with Gasteiger partial charge in [-0.05, 0) is 64.2 Å². The standard InChI is InChI=1S/C71H135NO5/c1-3-5-7-9-11-13-15-17-19-36-39-43-47-51-55-59-63-69(74)68(67-73)72-70(75)64-60-56-52-48-44-40-37-33-31-29-27-25-23-21-20-22-24-26-28-30-32-34-38-42-46-50-54-58-62-66-77-71(76)65-61-57-53-49-45-41-35-18-16-14-12-10-8-6-4-2/h20,22,26,28,59,63,68-69,73-74H,3-19,21,23-25,27,29-58,60-62,64-67H2,1-2H3,(H,72,75)/b22-20-,28-26-,63-59+. The maximum absolute atomic E-state index is 12.5. The minimum atomic E-state index is -0.845. The van der Waals surface area contributed by atoms with E-state index >= 15 is 0 Å². The molecule has 2 unspecified atom stereocenters. The minimum Gasteiger partial charge on any atom is -0.466 e. The monoisotopic (exact) mass is 1080 g/mol. The van der Waals surface area contributed by atoms with Gasteiger partial charge in [0.25, 0.3) is 0 Å². The third-order valence-electron chi connectivity index (χ3n) is 16.2. The molecule has 0 aromatic carbocycles. The molecule has 454 valence electrons. The molecular formula is C71H135NO5. The molecule has 6 nitrogen and oxygen atoms in total. The zero-order valence-electron chi connectivity index (χ0n) is 52.0. The summed E-state index contributed by atoms with van der Waals surface area (Å²) < 4.78 is 5.49. The Bertz CT molecular complexity index is 1250. The number of carbonyl (C=O) groups is 2. The van der Waals surface area contributed by atoms with Gasteiger partial charge in [-0.2, -0.15) is 0 Å². The van der Waals surface area contributed by atoms with Crippen LogP contribution in [0.5, 0.6) is 0 Å². The summed E-state index contributed by atoms with van der Waals surface area (Å²) in [5.41, 5.74) is 0. The third kappa shape index (κ3) is 63.1. The topological polar surface area (TPSA) is 95.9 Å². The van der Waals surface area contributed by atoms with E-state index in [1.807, 2.05) is 6.08 Å². The number of hydrogen-bond acceptors (Lipinski definition) is 5. The van der Waals surface area contributed by atoms with E-state index in [-0.39, 0.29) is 18.5 Å². The van der Waals surface area contributed by atoms with Crippen molar-refractivity contribution in [3.05, 3.63) is 36.5 Å². The largest absolute Gasteiger partial charge is 0.466 e. The van der Waals surface area contributed by atoms with E-state index in [9.17, 15) is 19.8 Å². The quantitative estimate of drug-likeness (QED) is 0.0320. The fourth-order valence-corrected chi connectivity index (χ4v) is 10.8. The van der Waals surface area contributed by atoms with Crippen molar-refractivity contribution >= 4 is 11.9 Å². The van der Waals surface area contributed by atoms with Gasteiger partial charge in [0.2, 0.25) is 5.91 Å². The lowest BCUT2D eigenvalue weighted by Gasteiger charge is -2.20. The number of hydrogen-bond donors (Lipinski definition) is 3. The zero-order valence-corrected chi connectivity index (χ0v) is 52.0. The van der Waals surface area contributed by atoms with Crippen molar-refractivity contribution in [1.82, 2.24) is 5.32 Å². The van der Waals surface area contributed by atoms with Gasteiger partial charge >= 0.3 is 5.97 Å². The van der Waals surface area contributed by atoms with E-state index in [1.54, 1.807) is 6.08 Å². The smallest absolute Gasteiger partial charge is 0.305 e. The number of ether oxygens (including phenoxy) is 1. The molecule has 0 aliphatic rings. The molecule has 0 saturated carbocycles. The van der Waals surface area contributed by atoms with Gasteiger partial charge in [0, 0.05) is 12.8 Å². The van der Waals surface area contributed by atoms with Crippen LogP contribution in [0.3, 0.4) is 0 Å². The third-order valence-corrected chi connectivity index (χ3v) is 16.2. The van der Waals surface area contributed by atoms with Crippen molar-refractivity contribution < 1.29 is 24.5 Å². The van der Waals surface area contributed by atoms with Gasteiger partial charge in [0.05, 0.1) is 25.4 Å². The number of unbranched alkanes of at least 4 members (excludes halogenated alkanes) is 50. The maximum Gasteiger partial charge on any atom is 0.305 e. The Labute approximate surface area is 481 Å². The van der Waals surface area contributed by atoms with Crippen LogP contribution in [0, 0.1) is 0 Å². The Morgan fingerprint density at radius 2 is 0.649 bits per heavy atom. The summed E-state index contributed by atoms with van der Waals surface area (Å²) in [7, 11) is 0. The van der Waals surface area contributed by atoms with Crippen LogP contribution < -0.4 is 5.32 Å². The van der Waals surface area contributed by atoms with Crippen LogP contribution in [-0.4, -0.2) is 47.4 Å². The van der Waals surface area contributed by atoms with E-state index in [0.717, 1.165) is 44.9 Å². The van der Waals surface area contributed by atoms with Gasteiger partial charge < -0.3 is 20.3 Å². The molecule has 0 spiro atoms. The summed E-state index contributed by atoms with van der Waals surface area (Å²) in [5.74, 6) is -0.0518. The lowest BCUT2D eigenvalue weighted by atomic mass is 10.0. The summed E-state index contributed by atoms with van der Waals surface area (Å²) in [5, 5.41) is 23.2. The molecule has 0 aromatic rings. The van der Waals surface area contributed by atoms with Gasteiger partial charge in [-0.1, -0.05) is 339 Å². The van der Waals surface area contributed by atoms with Crippen LogP contribution in [0.4, 0.5) is 0 Å². The zero-order chi connectivity index (χ0) is 55.7. The Balaban J connectivity index is 3.41. The predicted molar refractivity (Wildman–Crippen MR) is 338 cm³/mol. The number of esters is 1. The number of rotatable bonds is 65. The van der Waals surface area contributed by atoms with Gasteiger partial charge in [0.15, 0.2) is 0 Å². The minimum absolute atomic E-state index is 0.0149. The summed E-state index contributed by atoms with van der Waals surface area (Å²) in [4.78, 5) is 24.6. The average Bonchev–Trinajstić information content (AvgIpc) is 3.43. The highest BCUT2D eigenvalue weighted by Crippen LogP contribution is 2.18. The molecule has 0 rings (SSSR count). The molecule has 0 radical (unpaired) electrons. The van der Waals surface area contributed by atoms with Crippen LogP contribution in [0.25, 0.3) is 0 Å². The Kier molecular flexibility index (Phi) is 64.9. The first-order valence-corrected chi connectivity index (χ1v) is 34.8. The van der Waals surface area contributed by atoms with Gasteiger partial charge in [-0.25, -0.2) is 0 Å². The number of aliphatic hydroxyl groups excluding tert-OH is 2. The van der Waals surface area contributed by atoms with Crippen molar-refractivity contribution in [2.45, 2.75) is 392 Å². The molecule has 3 N–H and O–H groups in total. The first-order chi connectivity index (χ1) is 38.0. The molecule has 1 amide bonds. The van der Waals surface area contributed by atoms with E-state index < -0.39 is 12.1 Å². The molecule has 0 bridgehead atoms. The highest BCUT2D eigenvalue weighted by molar-refractivity contribution is 5.76. The summed E-state index contributed by atoms with van der Waals surface area (Å²) in [6.45, 7) is 4.93. The van der Waals surface area contributed by atoms with Gasteiger partial charge in [-0.3, -0.25) is 9.59 Å². The number of carbonyl (C=O) groups excluding carboxylic acids is 2.